The van der Waals surface area contributed by atoms with Gasteiger partial charge in [0, 0.05) is 26.7 Å². The molecule has 21 heavy (non-hydrogen) atoms. The van der Waals surface area contributed by atoms with Crippen LogP contribution in [0.25, 0.3) is 5.95 Å². The lowest BCUT2D eigenvalue weighted by atomic mass is 10.0. The van der Waals surface area contributed by atoms with Gasteiger partial charge in [0.25, 0.3) is 5.95 Å². The third kappa shape index (κ3) is 2.90. The summed E-state index contributed by atoms with van der Waals surface area (Å²) in [6.45, 7) is 1.73. The van der Waals surface area contributed by atoms with Gasteiger partial charge in [-0.3, -0.25) is 0 Å². The van der Waals surface area contributed by atoms with Crippen molar-refractivity contribution in [3.63, 3.8) is 0 Å². The van der Waals surface area contributed by atoms with Crippen molar-refractivity contribution in [2.45, 2.75) is 12.0 Å². The molecule has 2 aromatic rings. The zero-order valence-electron chi connectivity index (χ0n) is 11.6. The fourth-order valence-corrected chi connectivity index (χ4v) is 2.07. The van der Waals surface area contributed by atoms with E-state index in [4.69, 9.17) is 15.2 Å². The van der Waals surface area contributed by atoms with Gasteiger partial charge in [0.15, 0.2) is 0 Å². The van der Waals surface area contributed by atoms with Crippen LogP contribution in [-0.4, -0.2) is 62.2 Å². The third-order valence-corrected chi connectivity index (χ3v) is 3.33. The number of methoxy groups -OCH3 is 1. The number of rotatable bonds is 5. The van der Waals surface area contributed by atoms with Crippen LogP contribution >= 0.6 is 0 Å². The number of nitrogens with two attached hydrogens (primary N) is 1. The van der Waals surface area contributed by atoms with Crippen molar-refractivity contribution in [3.05, 3.63) is 12.7 Å². The Kier molecular flexibility index (Phi) is 3.62. The molecule has 0 aromatic carbocycles. The van der Waals surface area contributed by atoms with Crippen LogP contribution in [0.2, 0.25) is 0 Å². The first-order valence-corrected chi connectivity index (χ1v) is 6.44. The molecule has 1 saturated heterocycles. The normalized spacial score (nSPS) is 21.6. The largest absolute Gasteiger partial charge is 0.378 e. The van der Waals surface area contributed by atoms with E-state index in [1.165, 1.54) is 17.3 Å². The number of nitrogens with zero attached hydrogens (tertiary/aromatic N) is 6. The van der Waals surface area contributed by atoms with Crippen LogP contribution in [0, 0.1) is 0 Å². The molecular weight excluding hydrogens is 276 g/mol. The lowest BCUT2D eigenvalue weighted by molar-refractivity contribution is -0.00631. The fraction of sp³-hybridized carbons (Fsp3) is 0.545. The Labute approximate surface area is 120 Å². The Morgan fingerprint density at radius 2 is 2.38 bits per heavy atom. The zero-order valence-corrected chi connectivity index (χ0v) is 11.6. The summed E-state index contributed by atoms with van der Waals surface area (Å²) in [5.41, 5.74) is 5.33. The van der Waals surface area contributed by atoms with Crippen LogP contribution < -0.4 is 11.1 Å². The van der Waals surface area contributed by atoms with Crippen molar-refractivity contribution in [1.29, 1.82) is 0 Å². The van der Waals surface area contributed by atoms with Crippen LogP contribution in [0.4, 0.5) is 11.9 Å². The number of hydrogen-bond acceptors (Lipinski definition) is 9. The second-order valence-electron chi connectivity index (χ2n) is 4.70. The van der Waals surface area contributed by atoms with E-state index in [-0.39, 0.29) is 11.5 Å². The maximum atomic E-state index is 5.70. The standard InChI is InChI=1S/C11H16N8O2/c1-20-11(2-3-21-5-11)4-14-9-16-8(12)17-10(18-9)19-7-13-6-15-19/h6-7H,2-5H2,1H3,(H3,12,14,16,17,18). The van der Waals surface area contributed by atoms with Crippen LogP contribution in [-0.2, 0) is 9.47 Å². The van der Waals surface area contributed by atoms with E-state index in [0.717, 1.165) is 6.42 Å². The second kappa shape index (κ2) is 5.58. The van der Waals surface area contributed by atoms with E-state index in [2.05, 4.69) is 30.4 Å². The summed E-state index contributed by atoms with van der Waals surface area (Å²) in [7, 11) is 1.67. The number of anilines is 2. The molecule has 1 aliphatic rings. The summed E-state index contributed by atoms with van der Waals surface area (Å²) in [6.07, 6.45) is 3.69. The van der Waals surface area contributed by atoms with Crippen LogP contribution in [0.5, 0.6) is 0 Å². The van der Waals surface area contributed by atoms with Crippen LogP contribution in [0.15, 0.2) is 12.7 Å². The summed E-state index contributed by atoms with van der Waals surface area (Å²) < 4.78 is 12.3. The summed E-state index contributed by atoms with van der Waals surface area (Å²) in [6, 6.07) is 0. The Bertz CT molecular complexity index is 596. The van der Waals surface area contributed by atoms with E-state index < -0.39 is 0 Å². The second-order valence-corrected chi connectivity index (χ2v) is 4.70. The van der Waals surface area contributed by atoms with Crippen molar-refractivity contribution in [2.24, 2.45) is 0 Å². The molecule has 3 heterocycles. The van der Waals surface area contributed by atoms with Crippen LogP contribution in [0.1, 0.15) is 6.42 Å². The molecule has 0 saturated carbocycles. The first-order valence-electron chi connectivity index (χ1n) is 6.44. The maximum Gasteiger partial charge on any atom is 0.258 e. The topological polar surface area (TPSA) is 126 Å². The molecule has 0 spiro atoms. The highest BCUT2D eigenvalue weighted by atomic mass is 16.5. The third-order valence-electron chi connectivity index (χ3n) is 3.33. The van der Waals surface area contributed by atoms with Crippen molar-refractivity contribution in [2.75, 3.05) is 37.9 Å². The summed E-state index contributed by atoms with van der Waals surface area (Å²) >= 11 is 0. The summed E-state index contributed by atoms with van der Waals surface area (Å²) in [5, 5.41) is 7.07. The molecule has 2 aromatic heterocycles. The van der Waals surface area contributed by atoms with Gasteiger partial charge in [-0.2, -0.15) is 24.7 Å². The number of aromatic nitrogens is 6. The van der Waals surface area contributed by atoms with Gasteiger partial charge in [-0.25, -0.2) is 4.98 Å². The minimum Gasteiger partial charge on any atom is -0.378 e. The molecule has 10 heteroatoms. The Morgan fingerprint density at radius 1 is 1.48 bits per heavy atom. The van der Waals surface area contributed by atoms with Gasteiger partial charge in [-0.05, 0) is 0 Å². The van der Waals surface area contributed by atoms with Gasteiger partial charge in [0.1, 0.15) is 18.3 Å². The molecular formula is C11H16N8O2. The Balaban J connectivity index is 1.76. The lowest BCUT2D eigenvalue weighted by Crippen LogP contribution is -2.40. The summed E-state index contributed by atoms with van der Waals surface area (Å²) in [5.74, 6) is 0.764. The van der Waals surface area contributed by atoms with Gasteiger partial charge in [0.2, 0.25) is 11.9 Å². The highest BCUT2D eigenvalue weighted by Gasteiger charge is 2.35. The quantitative estimate of drug-likeness (QED) is 0.732. The lowest BCUT2D eigenvalue weighted by Gasteiger charge is -2.25. The van der Waals surface area contributed by atoms with Gasteiger partial charge in [-0.15, -0.1) is 0 Å². The summed E-state index contributed by atoms with van der Waals surface area (Å²) in [4.78, 5) is 16.2. The van der Waals surface area contributed by atoms with Crippen LogP contribution in [0.3, 0.4) is 0 Å². The molecule has 1 aliphatic heterocycles. The average Bonchev–Trinajstić information content (AvgIpc) is 3.17. The number of hydrogen-bond donors (Lipinski definition) is 2. The highest BCUT2D eigenvalue weighted by molar-refractivity contribution is 5.35. The Morgan fingerprint density at radius 3 is 3.05 bits per heavy atom. The molecule has 1 fully saturated rings. The zero-order chi connectivity index (χ0) is 14.7. The van der Waals surface area contributed by atoms with E-state index in [0.29, 0.717) is 31.7 Å². The van der Waals surface area contributed by atoms with Gasteiger partial charge in [0.05, 0.1) is 6.61 Å². The maximum absolute atomic E-state index is 5.70. The molecule has 1 atom stereocenters. The van der Waals surface area contributed by atoms with E-state index in [1.807, 2.05) is 0 Å². The van der Waals surface area contributed by atoms with Gasteiger partial charge in [-0.1, -0.05) is 0 Å². The number of ether oxygens (including phenoxy) is 2. The highest BCUT2D eigenvalue weighted by Crippen LogP contribution is 2.22. The molecule has 3 rings (SSSR count). The van der Waals surface area contributed by atoms with E-state index >= 15 is 0 Å². The first kappa shape index (κ1) is 13.6. The minimum absolute atomic E-state index is 0.104. The predicted octanol–water partition coefficient (Wildman–Crippen LogP) is -0.748. The van der Waals surface area contributed by atoms with E-state index in [9.17, 15) is 0 Å². The smallest absolute Gasteiger partial charge is 0.258 e. The molecule has 3 N–H and O–H groups in total. The minimum atomic E-state index is -0.366. The number of nitrogen functional groups attached to an aromatic ring is 1. The SMILES string of the molecule is COC1(CNc2nc(N)nc(-n3cncn3)n2)CCOC1. The number of nitrogens with one attached hydrogen (secondary N) is 1. The first-order chi connectivity index (χ1) is 10.2. The van der Waals surface area contributed by atoms with Crippen molar-refractivity contribution < 1.29 is 9.47 Å². The molecule has 0 bridgehead atoms. The molecule has 0 radical (unpaired) electrons. The molecule has 0 aliphatic carbocycles. The van der Waals surface area contributed by atoms with Gasteiger partial charge >= 0.3 is 0 Å². The van der Waals surface area contributed by atoms with Gasteiger partial charge < -0.3 is 20.5 Å². The van der Waals surface area contributed by atoms with Crippen molar-refractivity contribution >= 4 is 11.9 Å². The molecule has 1 unspecified atom stereocenters. The average molecular weight is 292 g/mol. The van der Waals surface area contributed by atoms with Crippen molar-refractivity contribution in [1.82, 2.24) is 29.7 Å². The molecule has 112 valence electrons. The predicted molar refractivity (Wildman–Crippen MR) is 72.8 cm³/mol. The Hall–Kier alpha value is -2.33. The molecule has 10 nitrogen and oxygen atoms in total. The van der Waals surface area contributed by atoms with E-state index in [1.54, 1.807) is 7.11 Å². The van der Waals surface area contributed by atoms with Crippen molar-refractivity contribution in [3.8, 4) is 5.95 Å². The fourth-order valence-electron chi connectivity index (χ4n) is 2.07. The molecule has 0 amide bonds. The monoisotopic (exact) mass is 292 g/mol.